The van der Waals surface area contributed by atoms with Gasteiger partial charge in [-0.3, -0.25) is 14.6 Å². The maximum absolute atomic E-state index is 13.6. The van der Waals surface area contributed by atoms with Crippen LogP contribution in [0.2, 0.25) is 0 Å². The number of carbonyl (C=O) groups excluding carboxylic acids is 2. The smallest absolute Gasteiger partial charge is 0.270 e. The number of halogens is 2. The lowest BCUT2D eigenvalue weighted by molar-refractivity contribution is 0.0945. The standard InChI is InChI=1S/C20H15F2N3O2/c21-15-6-2-1-5-14(15)12-24-20(27)18-11-13(9-10-23-18)19(26)25-17-8-4-3-7-16(17)22/h1-11H,12H2,(H,24,27)(H,25,26). The maximum atomic E-state index is 13.6. The van der Waals surface area contributed by atoms with E-state index in [2.05, 4.69) is 15.6 Å². The lowest BCUT2D eigenvalue weighted by atomic mass is 10.2. The summed E-state index contributed by atoms with van der Waals surface area (Å²) in [6.45, 7) is -0.0150. The fourth-order valence-electron chi connectivity index (χ4n) is 2.36. The van der Waals surface area contributed by atoms with E-state index in [0.717, 1.165) is 0 Å². The summed E-state index contributed by atoms with van der Waals surface area (Å²) in [5, 5.41) is 4.98. The van der Waals surface area contributed by atoms with Crippen LogP contribution in [0.4, 0.5) is 14.5 Å². The molecule has 0 aliphatic rings. The third-order valence-electron chi connectivity index (χ3n) is 3.77. The first-order valence-electron chi connectivity index (χ1n) is 8.08. The van der Waals surface area contributed by atoms with E-state index in [-0.39, 0.29) is 23.5 Å². The first-order valence-corrected chi connectivity index (χ1v) is 8.08. The number of benzene rings is 2. The van der Waals surface area contributed by atoms with Crippen LogP contribution in [0.1, 0.15) is 26.4 Å². The summed E-state index contributed by atoms with van der Waals surface area (Å²) in [5.41, 5.74) is 0.501. The van der Waals surface area contributed by atoms with Gasteiger partial charge in [0.2, 0.25) is 0 Å². The van der Waals surface area contributed by atoms with Crippen LogP contribution in [-0.4, -0.2) is 16.8 Å². The lowest BCUT2D eigenvalue weighted by Crippen LogP contribution is -2.25. The van der Waals surface area contributed by atoms with Crippen LogP contribution in [0.3, 0.4) is 0 Å². The summed E-state index contributed by atoms with van der Waals surface area (Å²) in [6, 6.07) is 14.5. The molecular formula is C20H15F2N3O2. The number of hydrogen-bond acceptors (Lipinski definition) is 3. The van der Waals surface area contributed by atoms with Gasteiger partial charge in [0.25, 0.3) is 11.8 Å². The highest BCUT2D eigenvalue weighted by Gasteiger charge is 2.13. The van der Waals surface area contributed by atoms with Gasteiger partial charge in [0.15, 0.2) is 0 Å². The zero-order chi connectivity index (χ0) is 19.2. The molecule has 0 aliphatic carbocycles. The molecule has 2 aromatic carbocycles. The molecule has 2 amide bonds. The molecule has 27 heavy (non-hydrogen) atoms. The van der Waals surface area contributed by atoms with Crippen LogP contribution in [-0.2, 0) is 6.54 Å². The van der Waals surface area contributed by atoms with Crippen molar-refractivity contribution in [2.75, 3.05) is 5.32 Å². The van der Waals surface area contributed by atoms with E-state index in [0.29, 0.717) is 5.56 Å². The van der Waals surface area contributed by atoms with Crippen molar-refractivity contribution in [1.82, 2.24) is 10.3 Å². The second-order valence-corrected chi connectivity index (χ2v) is 5.64. The predicted molar refractivity (Wildman–Crippen MR) is 96.2 cm³/mol. The summed E-state index contributed by atoms with van der Waals surface area (Å²) in [4.78, 5) is 28.4. The third kappa shape index (κ3) is 4.52. The van der Waals surface area contributed by atoms with Crippen molar-refractivity contribution in [2.24, 2.45) is 0 Å². The Bertz CT molecular complexity index is 992. The number of anilines is 1. The van der Waals surface area contributed by atoms with E-state index < -0.39 is 23.4 Å². The molecule has 0 aliphatic heterocycles. The zero-order valence-corrected chi connectivity index (χ0v) is 14.1. The van der Waals surface area contributed by atoms with E-state index in [1.54, 1.807) is 24.3 Å². The minimum absolute atomic E-state index is 0.00692. The molecule has 0 spiro atoms. The SMILES string of the molecule is O=C(Nc1ccccc1F)c1ccnc(C(=O)NCc2ccccc2F)c1. The number of para-hydroxylation sites is 1. The average molecular weight is 367 g/mol. The Hall–Kier alpha value is -3.61. The van der Waals surface area contributed by atoms with Crippen LogP contribution in [0, 0.1) is 11.6 Å². The number of nitrogens with one attached hydrogen (secondary N) is 2. The van der Waals surface area contributed by atoms with Crippen molar-refractivity contribution in [1.29, 1.82) is 0 Å². The molecule has 1 aromatic heterocycles. The number of aromatic nitrogens is 1. The average Bonchev–Trinajstić information content (AvgIpc) is 2.69. The molecule has 0 fully saturated rings. The summed E-state index contributed by atoms with van der Waals surface area (Å²) in [6.07, 6.45) is 1.30. The number of pyridine rings is 1. The monoisotopic (exact) mass is 367 g/mol. The second kappa shape index (κ2) is 8.18. The van der Waals surface area contributed by atoms with Gasteiger partial charge < -0.3 is 10.6 Å². The molecule has 0 unspecified atom stereocenters. The summed E-state index contributed by atoms with van der Waals surface area (Å²) in [5.74, 6) is -2.13. The Kier molecular flexibility index (Phi) is 5.51. The quantitative estimate of drug-likeness (QED) is 0.725. The minimum Gasteiger partial charge on any atom is -0.347 e. The van der Waals surface area contributed by atoms with Gasteiger partial charge in [-0.1, -0.05) is 30.3 Å². The van der Waals surface area contributed by atoms with Gasteiger partial charge in [-0.05, 0) is 30.3 Å². The maximum Gasteiger partial charge on any atom is 0.270 e. The topological polar surface area (TPSA) is 71.1 Å². The van der Waals surface area contributed by atoms with Crippen molar-refractivity contribution in [3.63, 3.8) is 0 Å². The first kappa shape index (κ1) is 18.2. The molecular weight excluding hydrogens is 352 g/mol. The molecule has 3 rings (SSSR count). The van der Waals surface area contributed by atoms with Gasteiger partial charge in [-0.25, -0.2) is 8.78 Å². The predicted octanol–water partition coefficient (Wildman–Crippen LogP) is 3.54. The van der Waals surface area contributed by atoms with Gasteiger partial charge in [0.1, 0.15) is 17.3 Å². The van der Waals surface area contributed by atoms with E-state index in [4.69, 9.17) is 0 Å². The lowest BCUT2D eigenvalue weighted by Gasteiger charge is -2.08. The van der Waals surface area contributed by atoms with Crippen molar-refractivity contribution < 1.29 is 18.4 Å². The van der Waals surface area contributed by atoms with Gasteiger partial charge in [0.05, 0.1) is 5.69 Å². The molecule has 3 aromatic rings. The second-order valence-electron chi connectivity index (χ2n) is 5.64. The summed E-state index contributed by atoms with van der Waals surface area (Å²) in [7, 11) is 0. The van der Waals surface area contributed by atoms with Gasteiger partial charge in [0, 0.05) is 23.9 Å². The molecule has 0 saturated heterocycles. The number of rotatable bonds is 5. The molecule has 7 heteroatoms. The van der Waals surface area contributed by atoms with Crippen molar-refractivity contribution in [2.45, 2.75) is 6.54 Å². The Balaban J connectivity index is 1.69. The van der Waals surface area contributed by atoms with Crippen molar-refractivity contribution >= 4 is 17.5 Å². The number of nitrogens with zero attached hydrogens (tertiary/aromatic N) is 1. The van der Waals surface area contributed by atoms with Gasteiger partial charge in [-0.2, -0.15) is 0 Å². The van der Waals surface area contributed by atoms with Crippen LogP contribution in [0.5, 0.6) is 0 Å². The van der Waals surface area contributed by atoms with Crippen molar-refractivity contribution in [3.05, 3.63) is 95.3 Å². The molecule has 0 saturated carbocycles. The van der Waals surface area contributed by atoms with Gasteiger partial charge in [-0.15, -0.1) is 0 Å². The van der Waals surface area contributed by atoms with E-state index in [1.807, 2.05) is 0 Å². The zero-order valence-electron chi connectivity index (χ0n) is 14.1. The van der Waals surface area contributed by atoms with Crippen molar-refractivity contribution in [3.8, 4) is 0 Å². The fourth-order valence-corrected chi connectivity index (χ4v) is 2.36. The highest BCUT2D eigenvalue weighted by Crippen LogP contribution is 2.14. The van der Waals surface area contributed by atoms with E-state index >= 15 is 0 Å². The number of amides is 2. The highest BCUT2D eigenvalue weighted by atomic mass is 19.1. The Morgan fingerprint density at radius 1 is 0.889 bits per heavy atom. The summed E-state index contributed by atoms with van der Waals surface area (Å²) < 4.78 is 27.2. The molecule has 0 radical (unpaired) electrons. The minimum atomic E-state index is -0.578. The molecule has 2 N–H and O–H groups in total. The summed E-state index contributed by atoms with van der Waals surface area (Å²) >= 11 is 0. The third-order valence-corrected chi connectivity index (χ3v) is 3.77. The van der Waals surface area contributed by atoms with E-state index in [1.165, 1.54) is 42.6 Å². The van der Waals surface area contributed by atoms with Crippen LogP contribution < -0.4 is 10.6 Å². The van der Waals surface area contributed by atoms with Crippen LogP contribution in [0.15, 0.2) is 66.9 Å². The molecule has 136 valence electrons. The fraction of sp³-hybridized carbons (Fsp3) is 0.0500. The molecule has 0 bridgehead atoms. The molecule has 5 nitrogen and oxygen atoms in total. The number of hydrogen-bond donors (Lipinski definition) is 2. The Labute approximate surface area is 154 Å². The van der Waals surface area contributed by atoms with Gasteiger partial charge >= 0.3 is 0 Å². The molecule has 0 atom stereocenters. The molecule has 1 heterocycles. The van der Waals surface area contributed by atoms with Crippen LogP contribution in [0.25, 0.3) is 0 Å². The van der Waals surface area contributed by atoms with E-state index in [9.17, 15) is 18.4 Å². The van der Waals surface area contributed by atoms with Crippen LogP contribution >= 0.6 is 0 Å². The Morgan fingerprint density at radius 2 is 1.59 bits per heavy atom. The largest absolute Gasteiger partial charge is 0.347 e. The normalized spacial score (nSPS) is 10.3. The Morgan fingerprint density at radius 3 is 2.33 bits per heavy atom. The number of carbonyl (C=O) groups is 2. The highest BCUT2D eigenvalue weighted by molar-refractivity contribution is 6.05. The first-order chi connectivity index (χ1) is 13.0.